The molecule has 2 aromatic carbocycles. The molecule has 1 N–H and O–H groups in total. The Kier molecular flexibility index (Phi) is 3.71. The minimum absolute atomic E-state index is 0.155. The summed E-state index contributed by atoms with van der Waals surface area (Å²) in [5.74, 6) is 0. The molecule has 1 heterocycles. The third-order valence-electron chi connectivity index (χ3n) is 3.01. The van der Waals surface area contributed by atoms with Crippen LogP contribution < -0.4 is 5.32 Å². The molecular formula is C15H16N2OS. The molecule has 0 aromatic heterocycles. The van der Waals surface area contributed by atoms with E-state index in [-0.39, 0.29) is 5.44 Å². The van der Waals surface area contributed by atoms with Gasteiger partial charge in [0.1, 0.15) is 5.44 Å². The highest BCUT2D eigenvalue weighted by Gasteiger charge is 2.19. The van der Waals surface area contributed by atoms with Gasteiger partial charge >= 0.3 is 0 Å². The van der Waals surface area contributed by atoms with Crippen LogP contribution in [0, 0.1) is 0 Å². The van der Waals surface area contributed by atoms with Gasteiger partial charge in [0.15, 0.2) is 5.17 Å². The Morgan fingerprint density at radius 1 is 1.26 bits per heavy atom. The van der Waals surface area contributed by atoms with Crippen LogP contribution in [0.1, 0.15) is 6.92 Å². The van der Waals surface area contributed by atoms with Gasteiger partial charge in [0.05, 0.1) is 6.54 Å². The van der Waals surface area contributed by atoms with Crippen LogP contribution >= 0.6 is 11.8 Å². The molecule has 3 rings (SSSR count). The van der Waals surface area contributed by atoms with Gasteiger partial charge in [-0.1, -0.05) is 48.2 Å². The Balaban J connectivity index is 1.79. The van der Waals surface area contributed by atoms with Crippen molar-refractivity contribution in [3.05, 3.63) is 42.5 Å². The van der Waals surface area contributed by atoms with Crippen molar-refractivity contribution in [2.75, 3.05) is 18.5 Å². The molecule has 0 amide bonds. The monoisotopic (exact) mass is 272 g/mol. The average Bonchev–Trinajstić information content (AvgIpc) is 2.87. The van der Waals surface area contributed by atoms with E-state index in [9.17, 15) is 0 Å². The fraction of sp³-hybridized carbons (Fsp3) is 0.267. The Morgan fingerprint density at radius 2 is 2.11 bits per heavy atom. The van der Waals surface area contributed by atoms with E-state index >= 15 is 0 Å². The topological polar surface area (TPSA) is 33.6 Å². The highest BCUT2D eigenvalue weighted by Crippen LogP contribution is 2.27. The van der Waals surface area contributed by atoms with Crippen molar-refractivity contribution in [3.8, 4) is 0 Å². The van der Waals surface area contributed by atoms with Crippen LogP contribution in [-0.4, -0.2) is 23.8 Å². The van der Waals surface area contributed by atoms with E-state index in [0.717, 1.165) is 24.0 Å². The van der Waals surface area contributed by atoms with Crippen LogP contribution in [0.25, 0.3) is 10.8 Å². The van der Waals surface area contributed by atoms with E-state index in [0.29, 0.717) is 0 Å². The molecule has 1 atom stereocenters. The van der Waals surface area contributed by atoms with E-state index in [4.69, 9.17) is 4.74 Å². The van der Waals surface area contributed by atoms with E-state index in [1.54, 1.807) is 11.8 Å². The first kappa shape index (κ1) is 12.5. The fourth-order valence-corrected chi connectivity index (χ4v) is 3.07. The van der Waals surface area contributed by atoms with Gasteiger partial charge in [0, 0.05) is 17.7 Å². The van der Waals surface area contributed by atoms with Crippen molar-refractivity contribution in [3.63, 3.8) is 0 Å². The summed E-state index contributed by atoms with van der Waals surface area (Å²) >= 11 is 1.66. The second kappa shape index (κ2) is 5.63. The Bertz CT molecular complexity index is 607. The third-order valence-corrected chi connectivity index (χ3v) is 4.01. The zero-order valence-electron chi connectivity index (χ0n) is 10.8. The van der Waals surface area contributed by atoms with Gasteiger partial charge in [-0.25, -0.2) is 0 Å². The molecule has 0 fully saturated rings. The van der Waals surface area contributed by atoms with Crippen molar-refractivity contribution in [1.82, 2.24) is 0 Å². The minimum atomic E-state index is 0.155. The number of hydrogen-bond acceptors (Lipinski definition) is 4. The zero-order chi connectivity index (χ0) is 13.1. The predicted molar refractivity (Wildman–Crippen MR) is 82.9 cm³/mol. The molecule has 1 aliphatic heterocycles. The van der Waals surface area contributed by atoms with Gasteiger partial charge in [0.25, 0.3) is 0 Å². The summed E-state index contributed by atoms with van der Waals surface area (Å²) in [6.07, 6.45) is 0. The van der Waals surface area contributed by atoms with Gasteiger partial charge in [-0.3, -0.25) is 4.99 Å². The second-order valence-corrected chi connectivity index (χ2v) is 5.45. The maximum Gasteiger partial charge on any atom is 0.163 e. The van der Waals surface area contributed by atoms with Crippen LogP contribution in [0.15, 0.2) is 47.5 Å². The summed E-state index contributed by atoms with van der Waals surface area (Å²) in [4.78, 5) is 4.48. The van der Waals surface area contributed by atoms with Crippen molar-refractivity contribution in [2.24, 2.45) is 4.99 Å². The Hall–Kier alpha value is -1.52. The number of thioether (sulfide) groups is 1. The van der Waals surface area contributed by atoms with Gasteiger partial charge < -0.3 is 10.1 Å². The lowest BCUT2D eigenvalue weighted by molar-refractivity contribution is 0.133. The minimum Gasteiger partial charge on any atom is -0.365 e. The molecule has 98 valence electrons. The van der Waals surface area contributed by atoms with Crippen molar-refractivity contribution in [2.45, 2.75) is 12.4 Å². The quantitative estimate of drug-likeness (QED) is 0.924. The molecule has 0 saturated carbocycles. The van der Waals surface area contributed by atoms with Gasteiger partial charge in [-0.2, -0.15) is 0 Å². The van der Waals surface area contributed by atoms with Crippen molar-refractivity contribution < 1.29 is 4.74 Å². The lowest BCUT2D eigenvalue weighted by Gasteiger charge is -2.10. The van der Waals surface area contributed by atoms with Crippen LogP contribution in [0.3, 0.4) is 0 Å². The molecule has 4 heteroatoms. The number of hydrogen-bond donors (Lipinski definition) is 1. The predicted octanol–water partition coefficient (Wildman–Crippen LogP) is 3.72. The highest BCUT2D eigenvalue weighted by atomic mass is 32.2. The number of anilines is 1. The highest BCUT2D eigenvalue weighted by molar-refractivity contribution is 8.14. The second-order valence-electron chi connectivity index (χ2n) is 4.30. The van der Waals surface area contributed by atoms with Crippen LogP contribution in [0.4, 0.5) is 5.69 Å². The van der Waals surface area contributed by atoms with Crippen molar-refractivity contribution in [1.29, 1.82) is 0 Å². The summed E-state index contributed by atoms with van der Waals surface area (Å²) in [7, 11) is 0. The normalized spacial score (nSPS) is 18.6. The Labute approximate surface area is 117 Å². The molecule has 0 unspecified atom stereocenters. The summed E-state index contributed by atoms with van der Waals surface area (Å²) in [5, 5.41) is 6.79. The number of nitrogens with one attached hydrogen (secondary N) is 1. The number of ether oxygens (including phenoxy) is 1. The molecule has 19 heavy (non-hydrogen) atoms. The van der Waals surface area contributed by atoms with Gasteiger partial charge in [0.2, 0.25) is 0 Å². The van der Waals surface area contributed by atoms with Crippen LogP contribution in [0.5, 0.6) is 0 Å². The van der Waals surface area contributed by atoms with Gasteiger partial charge in [-0.05, 0) is 18.4 Å². The molecule has 0 saturated heterocycles. The summed E-state index contributed by atoms with van der Waals surface area (Å²) in [6.45, 7) is 3.47. The van der Waals surface area contributed by atoms with Gasteiger partial charge in [-0.15, -0.1) is 0 Å². The number of fused-ring (bicyclic) bond motifs is 1. The number of benzene rings is 2. The number of nitrogens with zero attached hydrogens (tertiary/aromatic N) is 1. The number of aliphatic imine (C=N–C) groups is 1. The number of rotatable bonds is 3. The Morgan fingerprint density at radius 3 is 3.00 bits per heavy atom. The first-order chi connectivity index (χ1) is 9.36. The van der Waals surface area contributed by atoms with E-state index in [2.05, 4.69) is 52.8 Å². The van der Waals surface area contributed by atoms with Crippen molar-refractivity contribution >= 4 is 33.4 Å². The number of amidine groups is 1. The molecule has 1 aliphatic rings. The lowest BCUT2D eigenvalue weighted by Crippen LogP contribution is -2.10. The maximum absolute atomic E-state index is 5.57. The standard InChI is InChI=1S/C15H16N2OS/c1-2-18-14-10-16-15(19-14)17-13-9-5-7-11-6-3-4-8-12(11)13/h3-9,14H,2,10H2,1H3,(H,16,17)/t14-/m1/s1. The van der Waals surface area contributed by atoms with E-state index in [1.807, 2.05) is 6.92 Å². The van der Waals surface area contributed by atoms with E-state index < -0.39 is 0 Å². The van der Waals surface area contributed by atoms with Crippen LogP contribution in [0.2, 0.25) is 0 Å². The largest absolute Gasteiger partial charge is 0.365 e. The molecule has 0 bridgehead atoms. The average molecular weight is 272 g/mol. The lowest BCUT2D eigenvalue weighted by atomic mass is 10.1. The third kappa shape index (κ3) is 2.74. The molecule has 0 spiro atoms. The molecular weight excluding hydrogens is 256 g/mol. The zero-order valence-corrected chi connectivity index (χ0v) is 11.6. The SMILES string of the molecule is CCO[C@H]1CN=C(Nc2cccc3ccccc23)S1. The summed E-state index contributed by atoms with van der Waals surface area (Å²) in [5.41, 5.74) is 1.25. The van der Waals surface area contributed by atoms with Crippen LogP contribution in [-0.2, 0) is 4.74 Å². The first-order valence-corrected chi connectivity index (χ1v) is 7.32. The molecule has 0 aliphatic carbocycles. The summed E-state index contributed by atoms with van der Waals surface area (Å²) < 4.78 is 5.57. The molecule has 0 radical (unpaired) electrons. The molecule has 3 nitrogen and oxygen atoms in total. The molecule has 2 aromatic rings. The maximum atomic E-state index is 5.57. The summed E-state index contributed by atoms with van der Waals surface area (Å²) in [6, 6.07) is 14.6. The first-order valence-electron chi connectivity index (χ1n) is 6.44. The smallest absolute Gasteiger partial charge is 0.163 e. The van der Waals surface area contributed by atoms with E-state index in [1.165, 1.54) is 10.8 Å². The fourth-order valence-electron chi connectivity index (χ4n) is 2.15.